The molecule has 0 aliphatic rings. The van der Waals surface area contributed by atoms with E-state index in [1.54, 1.807) is 4.90 Å². The summed E-state index contributed by atoms with van der Waals surface area (Å²) in [6.07, 6.45) is 0. The smallest absolute Gasteiger partial charge is 0.291 e. The van der Waals surface area contributed by atoms with Crippen molar-refractivity contribution in [1.82, 2.24) is 20.1 Å². The van der Waals surface area contributed by atoms with Crippen LogP contribution in [0.1, 0.15) is 24.5 Å². The highest BCUT2D eigenvalue weighted by Gasteiger charge is 2.17. The summed E-state index contributed by atoms with van der Waals surface area (Å²) in [5, 5.41) is 6.09. The molecule has 0 aromatic carbocycles. The molecule has 0 atom stereocenters. The Hall–Kier alpha value is -1.85. The van der Waals surface area contributed by atoms with Crippen molar-refractivity contribution < 1.29 is 4.79 Å². The largest absolute Gasteiger partial charge is 0.366 e. The Morgan fingerprint density at radius 2 is 2.33 bits per heavy atom. The second-order valence-electron chi connectivity index (χ2n) is 3.32. The molecule has 0 aliphatic heterocycles. The number of rotatable bonds is 4. The number of nitrogens with zero attached hydrogens (tertiary/aromatic N) is 3. The predicted molar refractivity (Wildman–Crippen MR) is 57.2 cm³/mol. The molecule has 1 aromatic heterocycles. The normalized spacial score (nSPS) is 10.0. The van der Waals surface area contributed by atoms with Gasteiger partial charge in [0.2, 0.25) is 11.8 Å². The Labute approximate surface area is 88.2 Å². The number of anilines is 1. The van der Waals surface area contributed by atoms with Crippen LogP contribution in [0, 0.1) is 0 Å². The van der Waals surface area contributed by atoms with Crippen LogP contribution in [0.4, 0.5) is 5.95 Å². The van der Waals surface area contributed by atoms with E-state index < -0.39 is 0 Å². The maximum absolute atomic E-state index is 11.8. The van der Waals surface area contributed by atoms with E-state index >= 15 is 0 Å². The van der Waals surface area contributed by atoms with Crippen LogP contribution < -0.4 is 5.73 Å². The zero-order valence-corrected chi connectivity index (χ0v) is 8.95. The van der Waals surface area contributed by atoms with E-state index in [-0.39, 0.29) is 17.7 Å². The highest BCUT2D eigenvalue weighted by molar-refractivity contribution is 5.90. The number of nitrogen functional groups attached to an aromatic ring is 1. The third-order valence-corrected chi connectivity index (χ3v) is 1.83. The first-order valence-corrected chi connectivity index (χ1v) is 4.66. The Kier molecular flexibility index (Phi) is 3.43. The second kappa shape index (κ2) is 4.59. The summed E-state index contributed by atoms with van der Waals surface area (Å²) in [6.45, 7) is 8.61. The van der Waals surface area contributed by atoms with Crippen molar-refractivity contribution in [2.24, 2.45) is 0 Å². The third kappa shape index (κ3) is 2.80. The first kappa shape index (κ1) is 11.2. The number of hydrogen-bond donors (Lipinski definition) is 2. The van der Waals surface area contributed by atoms with Gasteiger partial charge in [-0.15, -0.1) is 5.10 Å². The van der Waals surface area contributed by atoms with E-state index in [4.69, 9.17) is 5.73 Å². The van der Waals surface area contributed by atoms with Crippen molar-refractivity contribution in [3.05, 3.63) is 18.0 Å². The third-order valence-electron chi connectivity index (χ3n) is 1.83. The van der Waals surface area contributed by atoms with Gasteiger partial charge in [-0.3, -0.25) is 9.89 Å². The molecule has 0 bridgehead atoms. The molecule has 0 radical (unpaired) electrons. The molecule has 1 rings (SSSR count). The second-order valence-corrected chi connectivity index (χ2v) is 3.32. The monoisotopic (exact) mass is 209 g/mol. The lowest BCUT2D eigenvalue weighted by Crippen LogP contribution is -2.32. The van der Waals surface area contributed by atoms with Crippen LogP contribution in [0.5, 0.6) is 0 Å². The van der Waals surface area contributed by atoms with E-state index in [9.17, 15) is 4.79 Å². The molecule has 0 unspecified atom stereocenters. The molecule has 0 fully saturated rings. The summed E-state index contributed by atoms with van der Waals surface area (Å²) in [6, 6.07) is 0. The molecular formula is C9H15N5O. The quantitative estimate of drug-likeness (QED) is 0.704. The fourth-order valence-electron chi connectivity index (χ4n) is 1.17. The molecule has 1 amide bonds. The summed E-state index contributed by atoms with van der Waals surface area (Å²) in [5.74, 6) is 0.0185. The van der Waals surface area contributed by atoms with Gasteiger partial charge in [0, 0.05) is 13.1 Å². The molecule has 15 heavy (non-hydrogen) atoms. The molecule has 0 aliphatic carbocycles. The van der Waals surface area contributed by atoms with Crippen LogP contribution in [0.15, 0.2) is 12.2 Å². The molecular weight excluding hydrogens is 194 g/mol. The van der Waals surface area contributed by atoms with Crippen LogP contribution in [0.3, 0.4) is 0 Å². The number of nitrogens with two attached hydrogens (primary N) is 1. The van der Waals surface area contributed by atoms with Crippen molar-refractivity contribution in [2.45, 2.75) is 13.8 Å². The fraction of sp³-hybridized carbons (Fsp3) is 0.444. The Morgan fingerprint density at radius 1 is 1.67 bits per heavy atom. The number of aromatic amines is 1. The Balaban J connectivity index is 2.77. The van der Waals surface area contributed by atoms with Crippen LogP contribution >= 0.6 is 0 Å². The maximum Gasteiger partial charge on any atom is 0.291 e. The lowest BCUT2D eigenvalue weighted by molar-refractivity contribution is 0.0766. The first-order chi connectivity index (χ1) is 7.04. The SMILES string of the molecule is C=C(C)CN(CC)C(=O)c1nc(N)n[nH]1. The van der Waals surface area contributed by atoms with E-state index in [2.05, 4.69) is 21.8 Å². The summed E-state index contributed by atoms with van der Waals surface area (Å²) in [4.78, 5) is 17.2. The van der Waals surface area contributed by atoms with Crippen molar-refractivity contribution in [2.75, 3.05) is 18.8 Å². The van der Waals surface area contributed by atoms with Gasteiger partial charge in [-0.2, -0.15) is 4.98 Å². The average Bonchev–Trinajstić information content (AvgIpc) is 2.60. The Morgan fingerprint density at radius 3 is 2.73 bits per heavy atom. The molecule has 0 spiro atoms. The van der Waals surface area contributed by atoms with Gasteiger partial charge < -0.3 is 10.6 Å². The molecule has 6 nitrogen and oxygen atoms in total. The van der Waals surface area contributed by atoms with Crippen LogP contribution in [-0.4, -0.2) is 39.1 Å². The average molecular weight is 209 g/mol. The van der Waals surface area contributed by atoms with Crippen LogP contribution in [0.2, 0.25) is 0 Å². The number of carbonyl (C=O) groups is 1. The van der Waals surface area contributed by atoms with E-state index in [0.717, 1.165) is 5.57 Å². The number of amides is 1. The minimum Gasteiger partial charge on any atom is -0.366 e. The summed E-state index contributed by atoms with van der Waals surface area (Å²) in [5.41, 5.74) is 6.23. The maximum atomic E-state index is 11.8. The molecule has 0 saturated heterocycles. The van der Waals surface area contributed by atoms with Gasteiger partial charge in [-0.1, -0.05) is 12.2 Å². The van der Waals surface area contributed by atoms with Crippen molar-refractivity contribution >= 4 is 11.9 Å². The van der Waals surface area contributed by atoms with Crippen LogP contribution in [-0.2, 0) is 0 Å². The lowest BCUT2D eigenvalue weighted by Gasteiger charge is -2.19. The number of carbonyl (C=O) groups excluding carboxylic acids is 1. The number of nitrogens with one attached hydrogen (secondary N) is 1. The van der Waals surface area contributed by atoms with Gasteiger partial charge in [-0.05, 0) is 13.8 Å². The molecule has 1 heterocycles. The molecule has 1 aromatic rings. The van der Waals surface area contributed by atoms with Crippen molar-refractivity contribution in [3.8, 4) is 0 Å². The number of hydrogen-bond acceptors (Lipinski definition) is 4. The zero-order chi connectivity index (χ0) is 11.4. The van der Waals surface area contributed by atoms with Gasteiger partial charge in [0.1, 0.15) is 0 Å². The summed E-state index contributed by atoms with van der Waals surface area (Å²) >= 11 is 0. The fourth-order valence-corrected chi connectivity index (χ4v) is 1.17. The number of aromatic nitrogens is 3. The minimum atomic E-state index is -0.218. The van der Waals surface area contributed by atoms with Gasteiger partial charge in [-0.25, -0.2) is 0 Å². The standard InChI is InChI=1S/C9H15N5O/c1-4-14(5-6(2)3)8(15)7-11-9(10)13-12-7/h2,4-5H2,1,3H3,(H3,10,11,12,13). The number of H-pyrrole nitrogens is 1. The van der Waals surface area contributed by atoms with Crippen molar-refractivity contribution in [1.29, 1.82) is 0 Å². The summed E-state index contributed by atoms with van der Waals surface area (Å²) < 4.78 is 0. The first-order valence-electron chi connectivity index (χ1n) is 4.66. The highest BCUT2D eigenvalue weighted by Crippen LogP contribution is 2.03. The number of likely N-dealkylation sites (N-methyl/N-ethyl adjacent to an activating group) is 1. The van der Waals surface area contributed by atoms with Gasteiger partial charge in [0.05, 0.1) is 0 Å². The van der Waals surface area contributed by atoms with Gasteiger partial charge in [0.25, 0.3) is 5.91 Å². The zero-order valence-electron chi connectivity index (χ0n) is 8.95. The summed E-state index contributed by atoms with van der Waals surface area (Å²) in [7, 11) is 0. The molecule has 3 N–H and O–H groups in total. The van der Waals surface area contributed by atoms with E-state index in [1.807, 2.05) is 13.8 Å². The van der Waals surface area contributed by atoms with Gasteiger partial charge in [0.15, 0.2) is 0 Å². The lowest BCUT2D eigenvalue weighted by atomic mass is 10.3. The molecule has 6 heteroatoms. The topological polar surface area (TPSA) is 87.9 Å². The molecule has 0 saturated carbocycles. The van der Waals surface area contributed by atoms with E-state index in [1.165, 1.54) is 0 Å². The Bertz CT molecular complexity index is 370. The molecule has 82 valence electrons. The van der Waals surface area contributed by atoms with Crippen LogP contribution in [0.25, 0.3) is 0 Å². The van der Waals surface area contributed by atoms with Gasteiger partial charge >= 0.3 is 0 Å². The minimum absolute atomic E-state index is 0.0738. The highest BCUT2D eigenvalue weighted by atomic mass is 16.2. The van der Waals surface area contributed by atoms with E-state index in [0.29, 0.717) is 13.1 Å². The predicted octanol–water partition coefficient (Wildman–Crippen LogP) is 0.425. The van der Waals surface area contributed by atoms with Crippen molar-refractivity contribution in [3.63, 3.8) is 0 Å².